The Hall–Kier alpha value is -0.110. The number of rotatable bonds is 2. The summed E-state index contributed by atoms with van der Waals surface area (Å²) in [6.07, 6.45) is 0.345. The third-order valence-electron chi connectivity index (χ3n) is 0.456. The van der Waals surface area contributed by atoms with E-state index >= 15 is 0 Å². The molecule has 0 saturated carbocycles. The number of hydrogen-bond acceptors (Lipinski definition) is 1. The van der Waals surface area contributed by atoms with Gasteiger partial charge in [0.15, 0.2) is 0 Å². The van der Waals surface area contributed by atoms with Crippen molar-refractivity contribution in [3.63, 3.8) is 0 Å². The van der Waals surface area contributed by atoms with Gasteiger partial charge in [-0.3, -0.25) is 4.39 Å². The van der Waals surface area contributed by atoms with E-state index in [-0.39, 0.29) is 12.5 Å². The molecule has 37 valence electrons. The molecule has 0 bridgehead atoms. The highest BCUT2D eigenvalue weighted by Crippen LogP contribution is 1.96. The van der Waals surface area contributed by atoms with Gasteiger partial charge in [0, 0.05) is 6.42 Å². The van der Waals surface area contributed by atoms with Gasteiger partial charge < -0.3 is 5.11 Å². The van der Waals surface area contributed by atoms with Gasteiger partial charge in [0.1, 0.15) is 0 Å². The predicted octanol–water partition coefficient (Wildman–Crippen LogP) is 1.27. The smallest absolute Gasteiger partial charge is 0.0928 e. The van der Waals surface area contributed by atoms with Crippen molar-refractivity contribution >= 4 is 0 Å². The fraction of sp³-hybridized carbons (Fsp3) is 0.750. The molecule has 0 heterocycles. The molecule has 0 fully saturated rings. The number of halogens is 1. The molecular weight excluding hydrogens is 83.0 g/mol. The first-order valence-electron chi connectivity index (χ1n) is 1.84. The molecule has 6 heavy (non-hydrogen) atoms. The number of aliphatic hydroxyl groups is 1. The molecule has 0 aliphatic carbocycles. The van der Waals surface area contributed by atoms with Crippen molar-refractivity contribution in [2.45, 2.75) is 13.3 Å². The number of aliphatic hydroxyl groups excluding tert-OH is 1. The Kier molecular flexibility index (Phi) is 3.04. The van der Waals surface area contributed by atoms with Crippen LogP contribution >= 0.6 is 0 Å². The van der Waals surface area contributed by atoms with Crippen LogP contribution in [-0.4, -0.2) is 11.8 Å². The maximum atomic E-state index is 11.1. The molecule has 1 N–H and O–H groups in total. The van der Waals surface area contributed by atoms with Crippen molar-refractivity contribution in [1.29, 1.82) is 0 Å². The summed E-state index contributed by atoms with van der Waals surface area (Å²) in [4.78, 5) is 0. The highest BCUT2D eigenvalue weighted by atomic mass is 19.1. The van der Waals surface area contributed by atoms with E-state index < -0.39 is 6.67 Å². The zero-order chi connectivity index (χ0) is 4.99. The first-order valence-corrected chi connectivity index (χ1v) is 1.84. The van der Waals surface area contributed by atoms with Gasteiger partial charge in [-0.15, -0.1) is 0 Å². The molecule has 0 amide bonds. The number of alkyl halides is 1. The zero-order valence-corrected chi connectivity index (χ0v) is 3.74. The lowest BCUT2D eigenvalue weighted by Crippen LogP contribution is -1.87. The average molecular weight is 91.1 g/mol. The minimum absolute atomic E-state index is 0.164. The predicted molar refractivity (Wildman–Crippen MR) is 21.4 cm³/mol. The van der Waals surface area contributed by atoms with Crippen LogP contribution in [0.1, 0.15) is 13.3 Å². The molecule has 0 aliphatic rings. The summed E-state index contributed by atoms with van der Waals surface area (Å²) in [6, 6.07) is 0. The summed E-state index contributed by atoms with van der Waals surface area (Å²) in [7, 11) is 0. The fourth-order valence-corrected chi connectivity index (χ4v) is 0.137. The summed E-state index contributed by atoms with van der Waals surface area (Å²) in [6.45, 7) is 1.03. The summed E-state index contributed by atoms with van der Waals surface area (Å²) < 4.78 is 11.1. The van der Waals surface area contributed by atoms with Gasteiger partial charge in [0.2, 0.25) is 0 Å². The molecule has 0 atom stereocenters. The first-order chi connectivity index (χ1) is 2.77. The van der Waals surface area contributed by atoms with Crippen molar-refractivity contribution < 1.29 is 9.50 Å². The largest absolute Gasteiger partial charge is 0.387 e. The Labute approximate surface area is 36.8 Å². The molecule has 0 rings (SSSR count). The summed E-state index contributed by atoms with van der Waals surface area (Å²) in [5.41, 5.74) is 0. The maximum absolute atomic E-state index is 11.1. The lowest BCUT2D eigenvalue weighted by Gasteiger charge is -1.92. The van der Waals surface area contributed by atoms with Crippen LogP contribution < -0.4 is 0 Å². The minimum Gasteiger partial charge on any atom is -0.387 e. The van der Waals surface area contributed by atoms with Gasteiger partial charge in [-0.25, -0.2) is 0 Å². The van der Waals surface area contributed by atoms with Crippen LogP contribution in [0.3, 0.4) is 0 Å². The van der Waals surface area contributed by atoms with Gasteiger partial charge >= 0.3 is 0 Å². The van der Waals surface area contributed by atoms with Crippen LogP contribution in [0, 0.1) is 6.10 Å². The Morgan fingerprint density at radius 1 is 1.83 bits per heavy atom. The Morgan fingerprint density at radius 2 is 2.33 bits per heavy atom. The number of hydrogen-bond donors (Lipinski definition) is 1. The molecular formula is C4H8FO. The highest BCUT2D eigenvalue weighted by molar-refractivity contribution is 4.64. The molecule has 0 aromatic carbocycles. The molecule has 2 heteroatoms. The third kappa shape index (κ3) is 3.89. The van der Waals surface area contributed by atoms with E-state index in [1.165, 1.54) is 6.92 Å². The molecule has 0 saturated heterocycles. The summed E-state index contributed by atoms with van der Waals surface area (Å²) in [5, 5.41) is 8.23. The van der Waals surface area contributed by atoms with Gasteiger partial charge in [-0.05, 0) is 6.92 Å². The Morgan fingerprint density at radius 3 is 2.33 bits per heavy atom. The maximum Gasteiger partial charge on any atom is 0.0928 e. The SMILES string of the molecule is C[C](O)CCF. The van der Waals surface area contributed by atoms with Gasteiger partial charge in [-0.2, -0.15) is 0 Å². The van der Waals surface area contributed by atoms with Crippen molar-refractivity contribution in [3.05, 3.63) is 6.10 Å². The van der Waals surface area contributed by atoms with E-state index in [1.54, 1.807) is 0 Å². The zero-order valence-electron chi connectivity index (χ0n) is 3.74. The van der Waals surface area contributed by atoms with E-state index in [1.807, 2.05) is 0 Å². The van der Waals surface area contributed by atoms with Crippen molar-refractivity contribution in [2.75, 3.05) is 6.67 Å². The molecule has 0 unspecified atom stereocenters. The fourth-order valence-electron chi connectivity index (χ4n) is 0.137. The van der Waals surface area contributed by atoms with Gasteiger partial charge in [0.05, 0.1) is 12.8 Å². The minimum atomic E-state index is -0.456. The van der Waals surface area contributed by atoms with E-state index in [2.05, 4.69) is 0 Å². The highest BCUT2D eigenvalue weighted by Gasteiger charge is 1.91. The lowest BCUT2D eigenvalue weighted by atomic mass is 10.3. The Bertz CT molecular complexity index is 28.7. The standard InChI is InChI=1S/C4H8FO/c1-4(6)2-3-5/h6H,2-3H2,1H3. The van der Waals surface area contributed by atoms with Gasteiger partial charge in [-0.1, -0.05) is 0 Å². The van der Waals surface area contributed by atoms with Crippen LogP contribution in [0.5, 0.6) is 0 Å². The molecule has 0 aromatic heterocycles. The molecule has 0 spiro atoms. The average Bonchev–Trinajstić information content (AvgIpc) is 1.35. The van der Waals surface area contributed by atoms with Crippen LogP contribution in [0.4, 0.5) is 4.39 Å². The topological polar surface area (TPSA) is 20.2 Å². The van der Waals surface area contributed by atoms with Crippen molar-refractivity contribution in [1.82, 2.24) is 0 Å². The molecule has 0 aliphatic heterocycles. The monoisotopic (exact) mass is 91.1 g/mol. The quantitative estimate of drug-likeness (QED) is 0.542. The van der Waals surface area contributed by atoms with E-state index in [0.29, 0.717) is 0 Å². The summed E-state index contributed by atoms with van der Waals surface area (Å²) in [5.74, 6) is 0. The molecule has 1 nitrogen and oxygen atoms in total. The van der Waals surface area contributed by atoms with Crippen LogP contribution in [0.2, 0.25) is 0 Å². The van der Waals surface area contributed by atoms with Crippen LogP contribution in [0.25, 0.3) is 0 Å². The Balaban J connectivity index is 2.63. The third-order valence-corrected chi connectivity index (χ3v) is 0.456. The summed E-state index contributed by atoms with van der Waals surface area (Å²) >= 11 is 0. The molecule has 0 aromatic rings. The van der Waals surface area contributed by atoms with Crippen molar-refractivity contribution in [2.24, 2.45) is 0 Å². The van der Waals surface area contributed by atoms with E-state index in [0.717, 1.165) is 0 Å². The first kappa shape index (κ1) is 5.89. The van der Waals surface area contributed by atoms with Crippen LogP contribution in [-0.2, 0) is 0 Å². The normalized spacial score (nSPS) is 10.0. The lowest BCUT2D eigenvalue weighted by molar-refractivity contribution is 0.277. The van der Waals surface area contributed by atoms with Gasteiger partial charge in [0.25, 0.3) is 0 Å². The molecule has 1 radical (unpaired) electrons. The second-order valence-corrected chi connectivity index (χ2v) is 1.17. The van der Waals surface area contributed by atoms with Crippen molar-refractivity contribution in [3.8, 4) is 0 Å². The second kappa shape index (κ2) is 3.09. The van der Waals surface area contributed by atoms with Crippen LogP contribution in [0.15, 0.2) is 0 Å². The second-order valence-electron chi connectivity index (χ2n) is 1.17. The van der Waals surface area contributed by atoms with E-state index in [9.17, 15) is 4.39 Å². The van der Waals surface area contributed by atoms with E-state index in [4.69, 9.17) is 5.11 Å².